The zero-order valence-electron chi connectivity index (χ0n) is 12.7. The quantitative estimate of drug-likeness (QED) is 0.600. The van der Waals surface area contributed by atoms with Crippen LogP contribution in [0.3, 0.4) is 0 Å². The molecule has 0 aliphatic heterocycles. The van der Waals surface area contributed by atoms with Crippen molar-refractivity contribution in [3.05, 3.63) is 40.8 Å². The number of hydrogen-bond donors (Lipinski definition) is 2. The van der Waals surface area contributed by atoms with E-state index in [9.17, 15) is 19.0 Å². The average molecular weight is 334 g/mol. The Morgan fingerprint density at radius 1 is 1.30 bits per heavy atom. The number of benzene rings is 2. The van der Waals surface area contributed by atoms with E-state index in [1.54, 1.807) is 18.2 Å². The topological polar surface area (TPSA) is 95.8 Å². The second kappa shape index (κ2) is 7.94. The number of rotatable bonds is 7. The van der Waals surface area contributed by atoms with Gasteiger partial charge in [0, 0.05) is 17.1 Å². The molecular weight excluding hydrogens is 316 g/mol. The van der Waals surface area contributed by atoms with Crippen LogP contribution < -0.4 is 4.72 Å². The lowest BCUT2D eigenvalue weighted by Gasteiger charge is -2.09. The third kappa shape index (κ3) is 4.00. The number of nitrogens with zero attached hydrogens (tertiary/aromatic N) is 1. The smallest absolute Gasteiger partial charge is 0.320 e. The molecule has 1 amide bonds. The number of unbranched alkanes of at least 4 members (excludes halogenated alkanes) is 2. The summed E-state index contributed by atoms with van der Waals surface area (Å²) in [6, 6.07) is 7.85. The van der Waals surface area contributed by atoms with Gasteiger partial charge in [0.25, 0.3) is 0 Å². The monoisotopic (exact) mass is 334 g/mol. The summed E-state index contributed by atoms with van der Waals surface area (Å²) < 4.78 is 15.3. The number of nitroso groups, excluding NO2 is 1. The fourth-order valence-electron chi connectivity index (χ4n) is 2.28. The Morgan fingerprint density at radius 3 is 2.78 bits per heavy atom. The first kappa shape index (κ1) is 17.2. The molecule has 1 atom stereocenters. The minimum Gasteiger partial charge on any atom is -0.507 e. The van der Waals surface area contributed by atoms with Crippen LogP contribution in [-0.4, -0.2) is 21.8 Å². The van der Waals surface area contributed by atoms with E-state index >= 15 is 0 Å². The maximum atomic E-state index is 12.4. The molecule has 2 rings (SSSR count). The Labute approximate surface area is 136 Å². The third-order valence-corrected chi connectivity index (χ3v) is 4.71. The highest BCUT2D eigenvalue weighted by Crippen LogP contribution is 2.29. The number of hydrogen-bond acceptors (Lipinski definition) is 4. The van der Waals surface area contributed by atoms with Gasteiger partial charge in [-0.15, -0.1) is 4.91 Å². The Morgan fingerprint density at radius 2 is 2.09 bits per heavy atom. The second-order valence-electron chi connectivity index (χ2n) is 5.11. The molecule has 7 heteroatoms. The Bertz CT molecular complexity index is 761. The van der Waals surface area contributed by atoms with Crippen molar-refractivity contribution in [2.45, 2.75) is 31.1 Å². The van der Waals surface area contributed by atoms with Crippen molar-refractivity contribution in [3.63, 3.8) is 0 Å². The lowest BCUT2D eigenvalue weighted by Crippen LogP contribution is -2.18. The molecule has 1 unspecified atom stereocenters. The number of amides is 1. The highest BCUT2D eigenvalue weighted by Gasteiger charge is 2.16. The van der Waals surface area contributed by atoms with E-state index in [1.165, 1.54) is 12.1 Å². The average Bonchev–Trinajstić information content (AvgIpc) is 2.56. The van der Waals surface area contributed by atoms with Crippen molar-refractivity contribution >= 4 is 27.7 Å². The van der Waals surface area contributed by atoms with Crippen LogP contribution in [0.25, 0.3) is 10.8 Å². The predicted octanol–water partition coefficient (Wildman–Crippen LogP) is 3.25. The number of carbonyl (C=O) groups is 1. The Hall–Kier alpha value is -2.12. The molecule has 2 N–H and O–H groups in total. The van der Waals surface area contributed by atoms with Gasteiger partial charge in [0.15, 0.2) is 0 Å². The molecule has 0 fully saturated rings. The minimum absolute atomic E-state index is 0.161. The highest BCUT2D eigenvalue weighted by atomic mass is 32.2. The molecule has 0 spiro atoms. The van der Waals surface area contributed by atoms with Gasteiger partial charge in [-0.1, -0.05) is 31.9 Å². The molecule has 23 heavy (non-hydrogen) atoms. The maximum Gasteiger partial charge on any atom is 0.320 e. The van der Waals surface area contributed by atoms with Gasteiger partial charge >= 0.3 is 5.91 Å². The van der Waals surface area contributed by atoms with Crippen molar-refractivity contribution in [2.75, 3.05) is 6.54 Å². The number of phenols is 1. The highest BCUT2D eigenvalue weighted by molar-refractivity contribution is 7.83. The van der Waals surface area contributed by atoms with Crippen LogP contribution >= 0.6 is 0 Å². The zero-order valence-corrected chi connectivity index (χ0v) is 13.6. The molecule has 6 nitrogen and oxygen atoms in total. The number of nitrogens with one attached hydrogen (secondary N) is 1. The first-order valence-corrected chi connectivity index (χ1v) is 8.52. The van der Waals surface area contributed by atoms with Gasteiger partial charge in [-0.05, 0) is 30.0 Å². The van der Waals surface area contributed by atoms with E-state index in [0.29, 0.717) is 22.2 Å². The van der Waals surface area contributed by atoms with Crippen molar-refractivity contribution in [2.24, 2.45) is 5.18 Å². The van der Waals surface area contributed by atoms with Gasteiger partial charge in [0.1, 0.15) is 16.7 Å². The van der Waals surface area contributed by atoms with E-state index in [2.05, 4.69) is 16.8 Å². The van der Waals surface area contributed by atoms with Crippen LogP contribution in [0.4, 0.5) is 0 Å². The molecule has 122 valence electrons. The standard InChI is InChI=1S/C16H18N2O4S/c1-2-3-4-8-17-23(22)15-7-5-6-11-9-13(16(20)18-21)14(19)10-12(11)15/h5-7,9-10,17,19H,2-4,8H2,1H3. The van der Waals surface area contributed by atoms with E-state index in [4.69, 9.17) is 0 Å². The van der Waals surface area contributed by atoms with Crippen molar-refractivity contribution in [1.29, 1.82) is 0 Å². The molecule has 2 aromatic rings. The molecule has 2 aromatic carbocycles. The molecular formula is C16H18N2O4S. The van der Waals surface area contributed by atoms with Gasteiger partial charge in [-0.2, -0.15) is 0 Å². The fourth-order valence-corrected chi connectivity index (χ4v) is 3.35. The minimum atomic E-state index is -1.42. The number of aromatic hydroxyl groups is 1. The van der Waals surface area contributed by atoms with E-state index in [-0.39, 0.29) is 11.3 Å². The summed E-state index contributed by atoms with van der Waals surface area (Å²) in [4.78, 5) is 22.3. The Kier molecular flexibility index (Phi) is 5.95. The van der Waals surface area contributed by atoms with Gasteiger partial charge in [0.2, 0.25) is 0 Å². The van der Waals surface area contributed by atoms with Gasteiger partial charge < -0.3 is 5.11 Å². The summed E-state index contributed by atoms with van der Waals surface area (Å²) >= 11 is 0. The lowest BCUT2D eigenvalue weighted by atomic mass is 10.1. The van der Waals surface area contributed by atoms with E-state index in [0.717, 1.165) is 19.3 Å². The lowest BCUT2D eigenvalue weighted by molar-refractivity contribution is 0.0998. The normalized spacial score (nSPS) is 12.2. The van der Waals surface area contributed by atoms with Crippen LogP contribution in [-0.2, 0) is 11.0 Å². The third-order valence-electron chi connectivity index (χ3n) is 3.48. The van der Waals surface area contributed by atoms with Crippen molar-refractivity contribution in [1.82, 2.24) is 4.72 Å². The van der Waals surface area contributed by atoms with Gasteiger partial charge in [-0.25, -0.2) is 8.93 Å². The molecule has 0 aliphatic carbocycles. The summed E-state index contributed by atoms with van der Waals surface area (Å²) in [6.45, 7) is 2.73. The molecule has 0 aliphatic rings. The molecule has 0 heterocycles. The summed E-state index contributed by atoms with van der Waals surface area (Å²) in [6.07, 6.45) is 3.07. The Balaban J connectivity index is 2.35. The fraction of sp³-hybridized carbons (Fsp3) is 0.312. The molecule has 0 saturated heterocycles. The first-order valence-electron chi connectivity index (χ1n) is 7.37. The number of phenolic OH excluding ortho intramolecular Hbond substituents is 1. The second-order valence-corrected chi connectivity index (χ2v) is 6.38. The molecule has 0 aromatic heterocycles. The van der Waals surface area contributed by atoms with E-state index < -0.39 is 16.9 Å². The maximum absolute atomic E-state index is 12.4. The SMILES string of the molecule is CCCCCNS(=O)c1cccc2cc(C(=O)N=O)c(O)cc12. The molecule has 0 bridgehead atoms. The van der Waals surface area contributed by atoms with Gasteiger partial charge in [-0.3, -0.25) is 4.79 Å². The zero-order chi connectivity index (χ0) is 16.8. The van der Waals surface area contributed by atoms with Crippen LogP contribution in [0.1, 0.15) is 36.5 Å². The first-order chi connectivity index (χ1) is 11.1. The predicted molar refractivity (Wildman–Crippen MR) is 89.7 cm³/mol. The van der Waals surface area contributed by atoms with E-state index in [1.807, 2.05) is 0 Å². The number of fused-ring (bicyclic) bond motifs is 1. The van der Waals surface area contributed by atoms with Crippen LogP contribution in [0, 0.1) is 4.91 Å². The van der Waals surface area contributed by atoms with Crippen molar-refractivity contribution < 1.29 is 14.1 Å². The molecule has 0 saturated carbocycles. The molecule has 0 radical (unpaired) electrons. The number of carbonyl (C=O) groups excluding carboxylic acids is 1. The summed E-state index contributed by atoms with van der Waals surface area (Å²) in [5, 5.41) is 13.4. The van der Waals surface area contributed by atoms with Crippen LogP contribution in [0.2, 0.25) is 0 Å². The summed E-state index contributed by atoms with van der Waals surface area (Å²) in [7, 11) is -1.42. The van der Waals surface area contributed by atoms with Crippen LogP contribution in [0.15, 0.2) is 40.4 Å². The summed E-state index contributed by atoms with van der Waals surface area (Å²) in [5.41, 5.74) is -0.161. The van der Waals surface area contributed by atoms with Crippen molar-refractivity contribution in [3.8, 4) is 5.75 Å². The largest absolute Gasteiger partial charge is 0.507 e. The van der Waals surface area contributed by atoms with Gasteiger partial charge in [0.05, 0.1) is 10.5 Å². The van der Waals surface area contributed by atoms with Crippen LogP contribution in [0.5, 0.6) is 5.75 Å². The summed E-state index contributed by atoms with van der Waals surface area (Å²) in [5.74, 6) is -1.38.